The number of rotatable bonds is 5. The lowest BCUT2D eigenvalue weighted by Gasteiger charge is -2.21. The van der Waals surface area contributed by atoms with Gasteiger partial charge in [0.1, 0.15) is 5.76 Å². The third-order valence-electron chi connectivity index (χ3n) is 4.01. The van der Waals surface area contributed by atoms with Crippen molar-refractivity contribution >= 4 is 6.08 Å². The summed E-state index contributed by atoms with van der Waals surface area (Å²) in [6, 6.07) is 4.11. The molecule has 0 amide bonds. The van der Waals surface area contributed by atoms with E-state index >= 15 is 0 Å². The Kier molecular flexibility index (Phi) is 4.43. The summed E-state index contributed by atoms with van der Waals surface area (Å²) in [6.45, 7) is 8.25. The maximum Gasteiger partial charge on any atom is 0.244 e. The molecule has 0 unspecified atom stereocenters. The van der Waals surface area contributed by atoms with Crippen LogP contribution in [0.5, 0.6) is 0 Å². The van der Waals surface area contributed by atoms with E-state index in [0.29, 0.717) is 5.92 Å². The van der Waals surface area contributed by atoms with E-state index in [0.717, 1.165) is 43.4 Å². The minimum Gasteiger partial charge on any atom is -0.465 e. The Hall–Kier alpha value is -1.88. The van der Waals surface area contributed by atoms with Gasteiger partial charge in [-0.3, -0.25) is 4.90 Å². The van der Waals surface area contributed by atoms with Crippen LogP contribution < -0.4 is 0 Å². The van der Waals surface area contributed by atoms with Gasteiger partial charge in [-0.15, -0.1) is 0 Å². The van der Waals surface area contributed by atoms with Crippen molar-refractivity contribution in [2.75, 3.05) is 13.1 Å². The molecule has 1 aliphatic heterocycles. The second-order valence-corrected chi connectivity index (χ2v) is 6.28. The summed E-state index contributed by atoms with van der Waals surface area (Å²) in [5.41, 5.74) is 1.27. The van der Waals surface area contributed by atoms with Gasteiger partial charge in [0.05, 0.1) is 12.3 Å². The monoisotopic (exact) mass is 301 g/mol. The van der Waals surface area contributed by atoms with Crippen molar-refractivity contribution in [3.63, 3.8) is 0 Å². The van der Waals surface area contributed by atoms with Crippen molar-refractivity contribution in [1.82, 2.24) is 15.0 Å². The fraction of sp³-hybridized carbons (Fsp3) is 0.529. The SMILES string of the molecule is C/C(=C\c1ccco1)CN1CCC[C@H]1c1nc(C(C)C)no1. The zero-order chi connectivity index (χ0) is 15.5. The summed E-state index contributed by atoms with van der Waals surface area (Å²) < 4.78 is 10.9. The molecule has 0 aromatic carbocycles. The topological polar surface area (TPSA) is 55.3 Å². The minimum atomic E-state index is 0.236. The van der Waals surface area contributed by atoms with Crippen molar-refractivity contribution in [1.29, 1.82) is 0 Å². The van der Waals surface area contributed by atoms with Crippen LogP contribution in [0.15, 0.2) is 32.9 Å². The highest BCUT2D eigenvalue weighted by molar-refractivity contribution is 5.46. The molecule has 1 fully saturated rings. The average molecular weight is 301 g/mol. The van der Waals surface area contributed by atoms with Crippen LogP contribution in [0.3, 0.4) is 0 Å². The normalized spacial score (nSPS) is 20.2. The molecule has 0 bridgehead atoms. The average Bonchev–Trinajstić information content (AvgIpc) is 3.18. The molecule has 1 atom stereocenters. The molecule has 22 heavy (non-hydrogen) atoms. The first-order chi connectivity index (χ1) is 10.6. The number of aromatic nitrogens is 2. The lowest BCUT2D eigenvalue weighted by Crippen LogP contribution is -2.25. The summed E-state index contributed by atoms with van der Waals surface area (Å²) in [7, 11) is 0. The lowest BCUT2D eigenvalue weighted by atomic mass is 10.2. The predicted molar refractivity (Wildman–Crippen MR) is 84.3 cm³/mol. The first kappa shape index (κ1) is 15.0. The third-order valence-corrected chi connectivity index (χ3v) is 4.01. The molecular weight excluding hydrogens is 278 g/mol. The second kappa shape index (κ2) is 6.48. The van der Waals surface area contributed by atoms with Crippen LogP contribution in [0, 0.1) is 0 Å². The predicted octanol–water partition coefficient (Wildman–Crippen LogP) is 4.03. The van der Waals surface area contributed by atoms with Gasteiger partial charge in [-0.1, -0.05) is 24.6 Å². The Morgan fingerprint density at radius 1 is 1.50 bits per heavy atom. The van der Waals surface area contributed by atoms with Gasteiger partial charge in [-0.05, 0) is 44.5 Å². The van der Waals surface area contributed by atoms with Crippen LogP contribution in [0.4, 0.5) is 0 Å². The highest BCUT2D eigenvalue weighted by Gasteiger charge is 2.30. The maximum absolute atomic E-state index is 5.49. The van der Waals surface area contributed by atoms with Gasteiger partial charge in [-0.25, -0.2) is 0 Å². The van der Waals surface area contributed by atoms with Crippen LogP contribution in [-0.2, 0) is 0 Å². The van der Waals surface area contributed by atoms with Crippen molar-refractivity contribution < 1.29 is 8.94 Å². The van der Waals surface area contributed by atoms with E-state index in [-0.39, 0.29) is 6.04 Å². The minimum absolute atomic E-state index is 0.236. The van der Waals surface area contributed by atoms with Crippen molar-refractivity contribution in [2.45, 2.75) is 45.6 Å². The molecule has 3 heterocycles. The summed E-state index contributed by atoms with van der Waals surface area (Å²) >= 11 is 0. The van der Waals surface area contributed by atoms with E-state index in [1.54, 1.807) is 6.26 Å². The fourth-order valence-electron chi connectivity index (χ4n) is 2.89. The molecule has 2 aromatic heterocycles. The van der Waals surface area contributed by atoms with Gasteiger partial charge >= 0.3 is 0 Å². The number of furan rings is 1. The molecule has 0 N–H and O–H groups in total. The number of hydrogen-bond donors (Lipinski definition) is 0. The maximum atomic E-state index is 5.49. The van der Waals surface area contributed by atoms with Crippen LogP contribution in [0.1, 0.15) is 63.0 Å². The van der Waals surface area contributed by atoms with Gasteiger partial charge in [0.2, 0.25) is 5.89 Å². The molecule has 0 aliphatic carbocycles. The Labute approximate surface area is 131 Å². The molecule has 0 radical (unpaired) electrons. The molecule has 118 valence electrons. The van der Waals surface area contributed by atoms with E-state index in [2.05, 4.69) is 41.9 Å². The smallest absolute Gasteiger partial charge is 0.244 e. The molecule has 5 nitrogen and oxygen atoms in total. The quantitative estimate of drug-likeness (QED) is 0.834. The number of nitrogens with zero attached hydrogens (tertiary/aromatic N) is 3. The molecule has 3 rings (SSSR count). The van der Waals surface area contributed by atoms with Crippen LogP contribution >= 0.6 is 0 Å². The Balaban J connectivity index is 1.70. The first-order valence-electron chi connectivity index (χ1n) is 7.91. The van der Waals surface area contributed by atoms with Crippen LogP contribution in [-0.4, -0.2) is 28.1 Å². The van der Waals surface area contributed by atoms with E-state index in [9.17, 15) is 0 Å². The van der Waals surface area contributed by atoms with Crippen molar-refractivity contribution in [3.8, 4) is 0 Å². The summed E-state index contributed by atoms with van der Waals surface area (Å²) in [5, 5.41) is 4.09. The van der Waals surface area contributed by atoms with Gasteiger partial charge in [0.25, 0.3) is 0 Å². The fourth-order valence-corrected chi connectivity index (χ4v) is 2.89. The molecule has 5 heteroatoms. The molecular formula is C17H23N3O2. The molecule has 0 spiro atoms. The van der Waals surface area contributed by atoms with Gasteiger partial charge < -0.3 is 8.94 Å². The van der Waals surface area contributed by atoms with E-state index in [1.165, 1.54) is 5.57 Å². The van der Waals surface area contributed by atoms with Gasteiger partial charge in [0.15, 0.2) is 5.82 Å². The highest BCUT2D eigenvalue weighted by atomic mass is 16.5. The summed E-state index contributed by atoms with van der Waals surface area (Å²) in [5.74, 6) is 2.75. The second-order valence-electron chi connectivity index (χ2n) is 6.28. The Bertz CT molecular complexity index is 628. The van der Waals surface area contributed by atoms with Crippen LogP contribution in [0.2, 0.25) is 0 Å². The van der Waals surface area contributed by atoms with E-state index in [4.69, 9.17) is 8.94 Å². The molecule has 1 aliphatic rings. The summed E-state index contributed by atoms with van der Waals surface area (Å²) in [4.78, 5) is 6.98. The van der Waals surface area contributed by atoms with Crippen molar-refractivity contribution in [3.05, 3.63) is 41.4 Å². The molecule has 2 aromatic rings. The number of hydrogen-bond acceptors (Lipinski definition) is 5. The van der Waals surface area contributed by atoms with Gasteiger partial charge in [-0.2, -0.15) is 4.98 Å². The zero-order valence-electron chi connectivity index (χ0n) is 13.5. The first-order valence-corrected chi connectivity index (χ1v) is 7.91. The summed E-state index contributed by atoms with van der Waals surface area (Å²) in [6.07, 6.45) is 6.03. The highest BCUT2D eigenvalue weighted by Crippen LogP contribution is 2.32. The van der Waals surface area contributed by atoms with Gasteiger partial charge in [0, 0.05) is 12.5 Å². The van der Waals surface area contributed by atoms with Crippen LogP contribution in [0.25, 0.3) is 6.08 Å². The lowest BCUT2D eigenvalue weighted by molar-refractivity contribution is 0.222. The Morgan fingerprint density at radius 3 is 3.05 bits per heavy atom. The zero-order valence-corrected chi connectivity index (χ0v) is 13.5. The number of likely N-dealkylation sites (tertiary alicyclic amines) is 1. The van der Waals surface area contributed by atoms with E-state index < -0.39 is 0 Å². The van der Waals surface area contributed by atoms with E-state index in [1.807, 2.05) is 12.1 Å². The van der Waals surface area contributed by atoms with Crippen molar-refractivity contribution in [2.24, 2.45) is 0 Å². The molecule has 0 saturated carbocycles. The standard InChI is InChI=1S/C17H23N3O2/c1-12(2)16-18-17(22-19-16)15-7-4-8-20(15)11-13(3)10-14-6-5-9-21-14/h5-6,9-10,12,15H,4,7-8,11H2,1-3H3/b13-10+/t15-/m0/s1. The largest absolute Gasteiger partial charge is 0.465 e. The third kappa shape index (κ3) is 3.30. The Morgan fingerprint density at radius 2 is 2.36 bits per heavy atom. The molecule has 1 saturated heterocycles.